The lowest BCUT2D eigenvalue weighted by atomic mass is 9.88. The lowest BCUT2D eigenvalue weighted by Crippen LogP contribution is -2.52. The molecule has 2 N–H and O–H groups in total. The third kappa shape index (κ3) is 2.28. The van der Waals surface area contributed by atoms with Crippen LogP contribution >= 0.6 is 0 Å². The Morgan fingerprint density at radius 3 is 2.38 bits per heavy atom. The number of carbonyl (C=O) groups is 1. The van der Waals surface area contributed by atoms with Crippen LogP contribution in [-0.4, -0.2) is 29.4 Å². The number of carbonyl (C=O) groups excluding carboxylic acids is 1. The molecule has 0 spiro atoms. The molecule has 1 aromatic carbocycles. The van der Waals surface area contributed by atoms with Gasteiger partial charge in [0.2, 0.25) is 5.91 Å². The van der Waals surface area contributed by atoms with Crippen molar-refractivity contribution in [2.45, 2.75) is 57.0 Å². The Morgan fingerprint density at radius 1 is 1.24 bits per heavy atom. The van der Waals surface area contributed by atoms with Crippen LogP contribution in [0.5, 0.6) is 0 Å². The maximum atomic E-state index is 13.3. The van der Waals surface area contributed by atoms with Crippen LogP contribution in [-0.2, 0) is 10.2 Å². The van der Waals surface area contributed by atoms with Crippen molar-refractivity contribution < 1.29 is 4.79 Å². The van der Waals surface area contributed by atoms with Crippen LogP contribution in [0.25, 0.3) is 0 Å². The number of hydrogen-bond acceptors (Lipinski definition) is 2. The van der Waals surface area contributed by atoms with E-state index in [9.17, 15) is 4.79 Å². The van der Waals surface area contributed by atoms with Crippen molar-refractivity contribution in [2.24, 2.45) is 11.7 Å². The molecule has 1 aliphatic heterocycles. The molecule has 1 saturated heterocycles. The Bertz CT molecular complexity index is 505. The summed E-state index contributed by atoms with van der Waals surface area (Å²) in [5.74, 6) is 0.609. The van der Waals surface area contributed by atoms with Crippen molar-refractivity contribution in [2.75, 3.05) is 6.54 Å². The van der Waals surface area contributed by atoms with Gasteiger partial charge in [-0.3, -0.25) is 4.79 Å². The molecule has 1 saturated carbocycles. The third-order valence-electron chi connectivity index (χ3n) is 5.49. The van der Waals surface area contributed by atoms with Gasteiger partial charge in [-0.15, -0.1) is 0 Å². The first-order chi connectivity index (χ1) is 10.1. The fourth-order valence-corrected chi connectivity index (χ4v) is 4.14. The minimum absolute atomic E-state index is 0.300. The maximum absolute atomic E-state index is 13.3. The molecule has 4 atom stereocenters. The van der Waals surface area contributed by atoms with Crippen LogP contribution in [0.2, 0.25) is 0 Å². The van der Waals surface area contributed by atoms with E-state index in [1.807, 2.05) is 18.2 Å². The highest BCUT2D eigenvalue weighted by molar-refractivity contribution is 5.92. The number of piperidine rings is 1. The Balaban J connectivity index is 1.93. The first kappa shape index (κ1) is 14.6. The summed E-state index contributed by atoms with van der Waals surface area (Å²) in [6, 6.07) is 10.9. The van der Waals surface area contributed by atoms with E-state index in [0.717, 1.165) is 24.8 Å². The number of nitrogens with zero attached hydrogens (tertiary/aromatic N) is 1. The molecule has 0 radical (unpaired) electrons. The summed E-state index contributed by atoms with van der Waals surface area (Å²) in [6.45, 7) is 4.97. The van der Waals surface area contributed by atoms with Crippen molar-refractivity contribution in [1.82, 2.24) is 4.90 Å². The predicted molar refractivity (Wildman–Crippen MR) is 84.9 cm³/mol. The summed E-state index contributed by atoms with van der Waals surface area (Å²) >= 11 is 0. The van der Waals surface area contributed by atoms with Gasteiger partial charge >= 0.3 is 0 Å². The fourth-order valence-electron chi connectivity index (χ4n) is 4.14. The largest absolute Gasteiger partial charge is 0.337 e. The van der Waals surface area contributed by atoms with Crippen LogP contribution in [0.4, 0.5) is 0 Å². The molecule has 0 aromatic heterocycles. The molecule has 2 aliphatic rings. The molecule has 3 unspecified atom stereocenters. The zero-order valence-electron chi connectivity index (χ0n) is 13.1. The van der Waals surface area contributed by atoms with E-state index in [0.29, 0.717) is 30.5 Å². The Morgan fingerprint density at radius 2 is 1.86 bits per heavy atom. The number of benzene rings is 1. The average Bonchev–Trinajstić information content (AvgIpc) is 3.24. The zero-order chi connectivity index (χ0) is 15.0. The van der Waals surface area contributed by atoms with Crippen LogP contribution in [0.3, 0.4) is 0 Å². The molecule has 1 aromatic rings. The standard InChI is InChI=1S/C18H26N2O/c1-13-7-6-8-14(2)20(13)17(21)18(11-16(18)12-19)15-9-4-3-5-10-15/h3-5,9-10,13-14,16H,6-8,11-12,19H2,1-2H3/t13?,14?,16?,18-/m1/s1. The van der Waals surface area contributed by atoms with Crippen molar-refractivity contribution in [1.29, 1.82) is 0 Å². The van der Waals surface area contributed by atoms with Crippen LogP contribution < -0.4 is 5.73 Å². The first-order valence-electron chi connectivity index (χ1n) is 8.19. The fraction of sp³-hybridized carbons (Fsp3) is 0.611. The summed E-state index contributed by atoms with van der Waals surface area (Å²) < 4.78 is 0. The highest BCUT2D eigenvalue weighted by Crippen LogP contribution is 2.55. The third-order valence-corrected chi connectivity index (χ3v) is 5.49. The average molecular weight is 286 g/mol. The molecule has 1 amide bonds. The minimum atomic E-state index is -0.351. The summed E-state index contributed by atoms with van der Waals surface area (Å²) in [7, 11) is 0. The van der Waals surface area contributed by atoms with Gasteiger partial charge in [-0.05, 0) is 57.6 Å². The van der Waals surface area contributed by atoms with Crippen molar-refractivity contribution in [3.63, 3.8) is 0 Å². The number of rotatable bonds is 3. The topological polar surface area (TPSA) is 46.3 Å². The molecule has 3 heteroatoms. The van der Waals surface area contributed by atoms with Gasteiger partial charge in [0.1, 0.15) is 0 Å². The predicted octanol–water partition coefficient (Wildman–Crippen LogP) is 2.69. The van der Waals surface area contributed by atoms with Gasteiger partial charge in [0.05, 0.1) is 5.41 Å². The van der Waals surface area contributed by atoms with Gasteiger partial charge in [-0.25, -0.2) is 0 Å². The quantitative estimate of drug-likeness (QED) is 0.928. The number of amides is 1. The van der Waals surface area contributed by atoms with Crippen molar-refractivity contribution in [3.8, 4) is 0 Å². The van der Waals surface area contributed by atoms with E-state index in [-0.39, 0.29) is 5.41 Å². The summed E-state index contributed by atoms with van der Waals surface area (Å²) in [4.78, 5) is 15.5. The molecular weight excluding hydrogens is 260 g/mol. The van der Waals surface area contributed by atoms with E-state index < -0.39 is 0 Å². The second-order valence-corrected chi connectivity index (χ2v) is 6.82. The van der Waals surface area contributed by atoms with Gasteiger partial charge in [0.25, 0.3) is 0 Å². The Labute approximate surface area is 127 Å². The highest BCUT2D eigenvalue weighted by Gasteiger charge is 2.62. The normalized spacial score (nSPS) is 35.6. The molecule has 21 heavy (non-hydrogen) atoms. The zero-order valence-corrected chi connectivity index (χ0v) is 13.1. The lowest BCUT2D eigenvalue weighted by Gasteiger charge is -2.41. The molecule has 3 nitrogen and oxygen atoms in total. The van der Waals surface area contributed by atoms with Gasteiger partial charge in [-0.2, -0.15) is 0 Å². The molecule has 2 fully saturated rings. The van der Waals surface area contributed by atoms with Crippen molar-refractivity contribution >= 4 is 5.91 Å². The van der Waals surface area contributed by atoms with E-state index in [1.165, 1.54) is 6.42 Å². The number of nitrogens with two attached hydrogens (primary N) is 1. The summed E-state index contributed by atoms with van der Waals surface area (Å²) in [5, 5.41) is 0. The van der Waals surface area contributed by atoms with Gasteiger partial charge < -0.3 is 10.6 Å². The molecule has 0 bridgehead atoms. The Hall–Kier alpha value is -1.35. The van der Waals surface area contributed by atoms with E-state index in [4.69, 9.17) is 5.73 Å². The van der Waals surface area contributed by atoms with Gasteiger partial charge in [0.15, 0.2) is 0 Å². The SMILES string of the molecule is CC1CCCC(C)N1C(=O)[C@@]1(c2ccccc2)CC1CN. The number of likely N-dealkylation sites (tertiary alicyclic amines) is 1. The maximum Gasteiger partial charge on any atom is 0.234 e. The van der Waals surface area contributed by atoms with Crippen LogP contribution in [0, 0.1) is 5.92 Å². The van der Waals surface area contributed by atoms with E-state index in [1.54, 1.807) is 0 Å². The second-order valence-electron chi connectivity index (χ2n) is 6.82. The first-order valence-corrected chi connectivity index (χ1v) is 8.19. The minimum Gasteiger partial charge on any atom is -0.337 e. The number of hydrogen-bond donors (Lipinski definition) is 1. The van der Waals surface area contributed by atoms with E-state index >= 15 is 0 Å². The lowest BCUT2D eigenvalue weighted by molar-refractivity contribution is -0.140. The van der Waals surface area contributed by atoms with E-state index in [2.05, 4.69) is 30.9 Å². The molecule has 114 valence electrons. The highest BCUT2D eigenvalue weighted by atomic mass is 16.2. The Kier molecular flexibility index (Phi) is 3.78. The summed E-state index contributed by atoms with van der Waals surface area (Å²) in [6.07, 6.45) is 4.37. The monoisotopic (exact) mass is 286 g/mol. The smallest absolute Gasteiger partial charge is 0.234 e. The van der Waals surface area contributed by atoms with Crippen LogP contribution in [0.15, 0.2) is 30.3 Å². The second kappa shape index (κ2) is 5.45. The van der Waals surface area contributed by atoms with Crippen molar-refractivity contribution in [3.05, 3.63) is 35.9 Å². The van der Waals surface area contributed by atoms with Gasteiger partial charge in [0, 0.05) is 12.1 Å². The molecule has 1 aliphatic carbocycles. The molecule has 1 heterocycles. The van der Waals surface area contributed by atoms with Crippen LogP contribution in [0.1, 0.15) is 45.1 Å². The van der Waals surface area contributed by atoms with Gasteiger partial charge in [-0.1, -0.05) is 30.3 Å². The molecule has 3 rings (SSSR count). The summed E-state index contributed by atoms with van der Waals surface area (Å²) in [5.41, 5.74) is 6.71. The molecular formula is C18H26N2O.